The van der Waals surface area contributed by atoms with Gasteiger partial charge in [0.25, 0.3) is 0 Å². The van der Waals surface area contributed by atoms with Crippen LogP contribution in [0.15, 0.2) is 286 Å². The molecule has 0 radical (unpaired) electrons. The van der Waals surface area contributed by atoms with Gasteiger partial charge < -0.3 is 78.5 Å². The third kappa shape index (κ3) is 25.1. The Kier molecular flexibility index (Phi) is 32.9. The summed E-state index contributed by atoms with van der Waals surface area (Å²) in [4.78, 5) is 80.9. The number of carboxylic acid groups (broad SMARTS) is 1. The first kappa shape index (κ1) is 94.5. The van der Waals surface area contributed by atoms with Gasteiger partial charge in [0.1, 0.15) is 41.7 Å². The molecule has 0 aliphatic carbocycles. The number of carbonyl (C=O) groups excluding carboxylic acids is 2. The largest absolute Gasteiger partial charge is 0.497 e. The average molecular weight is 2090 g/mol. The third-order valence-electron chi connectivity index (χ3n) is 19.5. The van der Waals surface area contributed by atoms with E-state index in [2.05, 4.69) is 188 Å². The molecule has 658 valence electrons. The van der Waals surface area contributed by atoms with Crippen molar-refractivity contribution in [2.24, 2.45) is 0 Å². The van der Waals surface area contributed by atoms with Gasteiger partial charge in [-0.1, -0.05) is 143 Å². The van der Waals surface area contributed by atoms with Crippen molar-refractivity contribution in [2.45, 2.75) is 156 Å². The number of rotatable bonds is 23. The second kappa shape index (κ2) is 43.9. The molecule has 5 N–H and O–H groups in total. The second-order valence-electron chi connectivity index (χ2n) is 31.2. The van der Waals surface area contributed by atoms with Gasteiger partial charge in [-0.2, -0.15) is 0 Å². The van der Waals surface area contributed by atoms with E-state index >= 15 is 0 Å². The molecule has 2 fully saturated rings. The quantitative estimate of drug-likeness (QED) is 0.0295. The van der Waals surface area contributed by atoms with E-state index < -0.39 is 35.3 Å². The summed E-state index contributed by atoms with van der Waals surface area (Å²) in [6.45, 7) is 17.9. The third-order valence-corrected chi connectivity index (χ3v) is 32.4. The molecule has 126 heavy (non-hydrogen) atoms. The molecule has 8 heterocycles. The summed E-state index contributed by atoms with van der Waals surface area (Å²) in [5.41, 5.74) is 7.83. The number of morpholine rings is 2. The Bertz CT molecular complexity index is 5820. The summed E-state index contributed by atoms with van der Waals surface area (Å²) in [5, 5.41) is 19.0. The second-order valence-corrected chi connectivity index (χ2v) is 42.7. The van der Waals surface area contributed by atoms with E-state index in [0.717, 1.165) is 137 Å². The van der Waals surface area contributed by atoms with Crippen molar-refractivity contribution in [3.05, 3.63) is 223 Å². The van der Waals surface area contributed by atoms with E-state index in [0.29, 0.717) is 38.9 Å². The number of aromatic nitrogens is 2. The lowest BCUT2D eigenvalue weighted by Crippen LogP contribution is -2.39. The Morgan fingerprint density at radius 1 is 0.476 bits per heavy atom. The predicted molar refractivity (Wildman–Crippen MR) is 523 cm³/mol. The smallest absolute Gasteiger partial charge is 0.331 e. The van der Waals surface area contributed by atoms with Crippen molar-refractivity contribution in [1.29, 1.82) is 0 Å². The van der Waals surface area contributed by atoms with Crippen LogP contribution in [0.25, 0.3) is 22.5 Å². The molecule has 32 heteroatoms. The molecule has 0 bridgehead atoms. The number of carboxylic acids is 1. The molecule has 0 unspecified atom stereocenters. The summed E-state index contributed by atoms with van der Waals surface area (Å²) in [6.07, 6.45) is 0. The van der Waals surface area contributed by atoms with Crippen molar-refractivity contribution in [3.8, 4) is 34.1 Å². The molecule has 2 saturated heterocycles. The maximum atomic E-state index is 12.9. The molecular weight excluding hydrogens is 1990 g/mol. The summed E-state index contributed by atoms with van der Waals surface area (Å²) in [6, 6.07) is 63.5. The molecule has 11 aromatic rings. The van der Waals surface area contributed by atoms with Crippen LogP contribution in [-0.2, 0) is 54.1 Å². The number of nitrogens with one attached hydrogen (secondary N) is 4. The molecule has 3 atom stereocenters. The van der Waals surface area contributed by atoms with Gasteiger partial charge in [0.2, 0.25) is 11.4 Å². The minimum absolute atomic E-state index is 0.0717. The van der Waals surface area contributed by atoms with E-state index in [9.17, 15) is 24.3 Å². The van der Waals surface area contributed by atoms with Crippen LogP contribution in [0.3, 0.4) is 0 Å². The average Bonchev–Trinajstić information content (AvgIpc) is 0.779. The van der Waals surface area contributed by atoms with E-state index in [1.165, 1.54) is 49.4 Å². The fourth-order valence-electron chi connectivity index (χ4n) is 13.6. The number of hydrogen-bond acceptors (Lipinski definition) is 27. The van der Waals surface area contributed by atoms with Gasteiger partial charge in [-0.15, -0.1) is 0 Å². The lowest BCUT2D eigenvalue weighted by molar-refractivity contribution is -0.158. The fourth-order valence-corrected chi connectivity index (χ4v) is 25.2. The first-order valence-electron chi connectivity index (χ1n) is 40.3. The monoisotopic (exact) mass is 2090 g/mol. The minimum atomic E-state index is -0.963. The van der Waals surface area contributed by atoms with Crippen molar-refractivity contribution in [2.75, 3.05) is 127 Å². The molecule has 9 aromatic carbocycles. The number of benzene rings is 9. The lowest BCUT2D eigenvalue weighted by atomic mass is 10.1. The van der Waals surface area contributed by atoms with Gasteiger partial charge in [0.15, 0.2) is 0 Å². The number of esters is 2. The number of H-pyrrole nitrogens is 1. The molecule has 21 nitrogen and oxygen atoms in total. The fraction of sp³-hybridized carbons (Fsp3) is 0.287. The highest BCUT2D eigenvalue weighted by molar-refractivity contribution is 14.1. The summed E-state index contributed by atoms with van der Waals surface area (Å²) >= 11 is 23.5. The number of carbonyl (C=O) groups is 3. The normalized spacial score (nSPS) is 14.7. The van der Waals surface area contributed by atoms with Crippen molar-refractivity contribution < 1.29 is 62.1 Å². The first-order valence-corrected chi connectivity index (χ1v) is 49.5. The highest BCUT2D eigenvalue weighted by Crippen LogP contribution is 2.56. The topological polar surface area (TPSA) is 243 Å². The van der Waals surface area contributed by atoms with E-state index in [1.807, 2.05) is 150 Å². The standard InChI is InChI=1S/C37H41N3O6S2.C25H25N3O5S2.C20H22BrNO3S2.C12H6BrIS2/c1-37(2,3)46-36(41)30(23-42-4)38-25-11-14-31-33(19-25)47-32-8-6-7-28(35(32)48-31)29-20-26(40-15-17-44-18-16-40)21-34(39-29)45-22-24-9-12-27(43-5)13-10-24;1-32-14-19(25(30)31)26-15-5-6-20-22(11-15)34-21-4-2-3-17(24(21)35-20)18-12-16(13-23(29)27-18)28-7-9-33-10-8-28;1-20(2,3)25-19(23)14(11-24-4)22-12-8-9-15-17(10-12)26-16-7-5-6-13(21)18(16)27-15;13-8-2-1-3-10-12(8)16-9-5-4-7(14)6-11(9)15-10/h6-14,19-21,30,38H,15-18,22-23H2,1-5H3;2-6,11-13,19,26H,7-10,14H2,1H3,(H,27,29)(H,30,31);5-10,14,22H,11H2,1-4H3;1-6H/t30-;19-;14-;/m111./s1. The van der Waals surface area contributed by atoms with Crippen molar-refractivity contribution in [1.82, 2.24) is 9.97 Å². The highest BCUT2D eigenvalue weighted by atomic mass is 127. The van der Waals surface area contributed by atoms with Crippen LogP contribution in [0.1, 0.15) is 47.1 Å². The first-order chi connectivity index (χ1) is 60.7. The molecule has 2 aromatic heterocycles. The van der Waals surface area contributed by atoms with Crippen LogP contribution in [0.2, 0.25) is 0 Å². The lowest BCUT2D eigenvalue weighted by Gasteiger charge is -2.29. The van der Waals surface area contributed by atoms with Crippen LogP contribution in [0.5, 0.6) is 11.6 Å². The van der Waals surface area contributed by atoms with E-state index in [4.69, 9.17) is 47.6 Å². The number of aromatic amines is 1. The van der Waals surface area contributed by atoms with Crippen molar-refractivity contribution in [3.63, 3.8) is 0 Å². The number of ether oxygens (including phenoxy) is 9. The zero-order chi connectivity index (χ0) is 88.8. The molecule has 0 amide bonds. The number of anilines is 5. The number of pyridine rings is 2. The number of hydrogen-bond donors (Lipinski definition) is 5. The summed E-state index contributed by atoms with van der Waals surface area (Å²) < 4.78 is 52.9. The molecule has 17 rings (SSSR count). The molecular formula is C94H94Br2IN7O14S8. The van der Waals surface area contributed by atoms with Crippen LogP contribution in [0.4, 0.5) is 28.4 Å². The number of aliphatic carboxylic acids is 1. The van der Waals surface area contributed by atoms with Crippen LogP contribution in [-0.4, -0.2) is 163 Å². The van der Waals surface area contributed by atoms with Gasteiger partial charge in [-0.25, -0.2) is 19.4 Å². The van der Waals surface area contributed by atoms with Gasteiger partial charge in [-0.3, -0.25) is 4.79 Å². The Balaban J connectivity index is 0.000000145. The van der Waals surface area contributed by atoms with Crippen LogP contribution < -0.4 is 40.8 Å². The number of methoxy groups -OCH3 is 4. The predicted octanol–water partition coefficient (Wildman–Crippen LogP) is 23.1. The molecule has 6 aliphatic rings. The van der Waals surface area contributed by atoms with Gasteiger partial charge >= 0.3 is 17.9 Å². The summed E-state index contributed by atoms with van der Waals surface area (Å²) in [7, 11) is 6.30. The maximum Gasteiger partial charge on any atom is 0.331 e. The Hall–Kier alpha value is -7.62. The molecule has 6 aliphatic heterocycles. The van der Waals surface area contributed by atoms with E-state index in [-0.39, 0.29) is 37.3 Å². The zero-order valence-corrected chi connectivity index (χ0v) is 82.5. The van der Waals surface area contributed by atoms with E-state index in [1.54, 1.807) is 98.0 Å². The van der Waals surface area contributed by atoms with Crippen LogP contribution >= 0.6 is 149 Å². The van der Waals surface area contributed by atoms with Crippen LogP contribution in [0, 0.1) is 3.57 Å². The van der Waals surface area contributed by atoms with Gasteiger partial charge in [-0.05, 0) is 235 Å². The SMILES string of the molecule is Brc1cccc2c1Sc1ccc(I)cc1S2.COC[C@@H](Nc1ccc2c(c1)Sc1cccc(-c3cc(N4CCOCC4)cc(=O)[nH]3)c1S2)C(=O)O.COC[C@@H](Nc1ccc2c(c1)Sc1cccc(-c3cc(N4CCOCC4)cc(OCc4ccc(OC)cc4)n3)c1S2)C(=O)OC(C)(C)C.COC[C@@H](Nc1ccc2c(c1)Sc1cccc(Br)c1S2)C(=O)OC(C)(C)C. The summed E-state index contributed by atoms with van der Waals surface area (Å²) in [5.74, 6) is -0.253. The number of nitrogens with zero attached hydrogens (tertiary/aromatic N) is 3. The number of halogens is 3. The minimum Gasteiger partial charge on any atom is -0.497 e. The zero-order valence-electron chi connectivity index (χ0n) is 70.7. The molecule has 0 spiro atoms. The Morgan fingerprint density at radius 2 is 0.889 bits per heavy atom. The highest BCUT2D eigenvalue weighted by Gasteiger charge is 2.32. The maximum absolute atomic E-state index is 12.9. The van der Waals surface area contributed by atoms with Gasteiger partial charge in [0, 0.05) is 190 Å². The number of fused-ring (bicyclic) bond motifs is 8. The molecule has 0 saturated carbocycles. The Morgan fingerprint density at radius 3 is 1.35 bits per heavy atom. The van der Waals surface area contributed by atoms with Crippen molar-refractivity contribution >= 4 is 195 Å². The van der Waals surface area contributed by atoms with Gasteiger partial charge in [0.05, 0.1) is 64.7 Å². The Labute approximate surface area is 798 Å².